The molecule has 23 heavy (non-hydrogen) atoms. The number of aromatic nitrogens is 4. The lowest BCUT2D eigenvalue weighted by atomic mass is 10.2. The monoisotopic (exact) mass is 333 g/mol. The summed E-state index contributed by atoms with van der Waals surface area (Å²) in [7, 11) is 1.61. The molecule has 1 amide bonds. The minimum atomic E-state index is -0.0428. The maximum absolute atomic E-state index is 12.7. The molecule has 8 heteroatoms. The van der Waals surface area contributed by atoms with Gasteiger partial charge in [0.1, 0.15) is 10.5 Å². The van der Waals surface area contributed by atoms with Gasteiger partial charge in [-0.15, -0.1) is 21.5 Å². The number of hydrogen-bond donors (Lipinski definition) is 1. The van der Waals surface area contributed by atoms with Gasteiger partial charge in [0.25, 0.3) is 5.56 Å². The maximum Gasteiger partial charge on any atom is 0.272 e. The van der Waals surface area contributed by atoms with Crippen LogP contribution in [0.3, 0.4) is 0 Å². The molecule has 0 aliphatic carbocycles. The van der Waals surface area contributed by atoms with Crippen LogP contribution in [0.5, 0.6) is 0 Å². The van der Waals surface area contributed by atoms with Gasteiger partial charge in [0.2, 0.25) is 11.7 Å². The van der Waals surface area contributed by atoms with Crippen LogP contribution in [0.1, 0.15) is 26.1 Å². The third-order valence-electron chi connectivity index (χ3n) is 3.68. The van der Waals surface area contributed by atoms with Crippen LogP contribution in [0.2, 0.25) is 0 Å². The van der Waals surface area contributed by atoms with Crippen LogP contribution in [0.4, 0.5) is 0 Å². The molecule has 3 heterocycles. The van der Waals surface area contributed by atoms with Crippen molar-refractivity contribution in [2.24, 2.45) is 5.92 Å². The van der Waals surface area contributed by atoms with E-state index < -0.39 is 0 Å². The van der Waals surface area contributed by atoms with Gasteiger partial charge in [0, 0.05) is 26.4 Å². The smallest absolute Gasteiger partial charge is 0.272 e. The highest BCUT2D eigenvalue weighted by atomic mass is 32.1. The highest BCUT2D eigenvalue weighted by molar-refractivity contribution is 7.17. The van der Waals surface area contributed by atoms with Crippen molar-refractivity contribution < 1.29 is 4.79 Å². The number of fused-ring (bicyclic) bond motifs is 3. The van der Waals surface area contributed by atoms with Crippen molar-refractivity contribution in [3.63, 3.8) is 0 Å². The average molecular weight is 333 g/mol. The first-order chi connectivity index (χ1) is 11.0. The lowest BCUT2D eigenvalue weighted by Gasteiger charge is -2.11. The Balaban J connectivity index is 2.20. The Morgan fingerprint density at radius 2 is 2.17 bits per heavy atom. The van der Waals surface area contributed by atoms with E-state index in [9.17, 15) is 9.59 Å². The number of nitrogens with zero attached hydrogens (tertiary/aromatic N) is 4. The molecule has 0 aromatic carbocycles. The molecule has 0 saturated carbocycles. The number of hydrogen-bond acceptors (Lipinski definition) is 5. The molecule has 3 rings (SSSR count). The third kappa shape index (κ3) is 2.74. The van der Waals surface area contributed by atoms with Gasteiger partial charge in [-0.1, -0.05) is 13.8 Å². The third-order valence-corrected chi connectivity index (χ3v) is 4.57. The molecule has 0 spiro atoms. The second-order valence-electron chi connectivity index (χ2n) is 5.87. The summed E-state index contributed by atoms with van der Waals surface area (Å²) in [6.07, 6.45) is 0.817. The number of amides is 1. The first kappa shape index (κ1) is 15.7. The van der Waals surface area contributed by atoms with Crippen LogP contribution >= 0.6 is 11.3 Å². The van der Waals surface area contributed by atoms with E-state index in [1.807, 2.05) is 15.8 Å². The molecule has 0 saturated heterocycles. The molecule has 0 bridgehead atoms. The van der Waals surface area contributed by atoms with Crippen molar-refractivity contribution in [1.29, 1.82) is 0 Å². The Morgan fingerprint density at radius 3 is 2.87 bits per heavy atom. The van der Waals surface area contributed by atoms with E-state index in [0.717, 1.165) is 5.52 Å². The van der Waals surface area contributed by atoms with Crippen molar-refractivity contribution in [3.8, 4) is 0 Å². The zero-order valence-electron chi connectivity index (χ0n) is 13.4. The van der Waals surface area contributed by atoms with Crippen LogP contribution in [0.15, 0.2) is 16.2 Å². The van der Waals surface area contributed by atoms with Crippen LogP contribution in [0, 0.1) is 5.92 Å². The lowest BCUT2D eigenvalue weighted by molar-refractivity contribution is -0.120. The molecular weight excluding hydrogens is 314 g/mol. The van der Waals surface area contributed by atoms with Crippen LogP contribution in [0.25, 0.3) is 16.0 Å². The normalized spacial score (nSPS) is 11.7. The highest BCUT2D eigenvalue weighted by Crippen LogP contribution is 2.20. The molecule has 1 N–H and O–H groups in total. The van der Waals surface area contributed by atoms with Crippen LogP contribution in [-0.4, -0.2) is 32.1 Å². The van der Waals surface area contributed by atoms with Gasteiger partial charge in [-0.25, -0.2) is 0 Å². The van der Waals surface area contributed by atoms with E-state index in [0.29, 0.717) is 41.6 Å². The van der Waals surface area contributed by atoms with Gasteiger partial charge in [0.15, 0.2) is 0 Å². The fraction of sp³-hybridized carbons (Fsp3) is 0.467. The van der Waals surface area contributed by atoms with Crippen molar-refractivity contribution in [1.82, 2.24) is 24.5 Å². The minimum Gasteiger partial charge on any atom is -0.359 e. The molecule has 0 atom stereocenters. The molecule has 0 unspecified atom stereocenters. The summed E-state index contributed by atoms with van der Waals surface area (Å²) < 4.78 is 4.28. The van der Waals surface area contributed by atoms with Gasteiger partial charge in [-0.05, 0) is 17.4 Å². The van der Waals surface area contributed by atoms with E-state index >= 15 is 0 Å². The molecule has 0 radical (unpaired) electrons. The van der Waals surface area contributed by atoms with Crippen LogP contribution in [-0.2, 0) is 17.8 Å². The molecule has 3 aromatic rings. The summed E-state index contributed by atoms with van der Waals surface area (Å²) >= 11 is 1.42. The van der Waals surface area contributed by atoms with Crippen LogP contribution < -0.4 is 10.9 Å². The van der Waals surface area contributed by atoms with Crippen molar-refractivity contribution in [2.45, 2.75) is 33.2 Å². The Bertz CT molecular complexity index is 921. The molecule has 0 aliphatic heterocycles. The quantitative estimate of drug-likeness (QED) is 0.766. The molecule has 122 valence electrons. The zero-order chi connectivity index (χ0) is 16.6. The minimum absolute atomic E-state index is 0.0264. The van der Waals surface area contributed by atoms with E-state index in [-0.39, 0.29) is 11.5 Å². The van der Waals surface area contributed by atoms with Gasteiger partial charge in [-0.3, -0.25) is 18.6 Å². The fourth-order valence-electron chi connectivity index (χ4n) is 2.62. The summed E-state index contributed by atoms with van der Waals surface area (Å²) in [5, 5.41) is 12.9. The molecule has 3 aromatic heterocycles. The predicted molar refractivity (Wildman–Crippen MR) is 89.9 cm³/mol. The average Bonchev–Trinajstić information content (AvgIpc) is 3.14. The highest BCUT2D eigenvalue weighted by Gasteiger charge is 2.18. The topological polar surface area (TPSA) is 81.3 Å². The first-order valence-electron chi connectivity index (χ1n) is 7.57. The Kier molecular flexibility index (Phi) is 4.16. The van der Waals surface area contributed by atoms with Gasteiger partial charge < -0.3 is 5.32 Å². The standard InChI is InChI=1S/C15H19N5O2S/c1-9(2)8-19-14(22)13-10(6-7-23-13)20-11(17-18-15(19)20)4-5-12(21)16-3/h6-7,9H,4-5,8H2,1-3H3,(H,16,21). The Hall–Kier alpha value is -2.22. The number of aryl methyl sites for hydroxylation is 1. The van der Waals surface area contributed by atoms with E-state index in [4.69, 9.17) is 0 Å². The SMILES string of the molecule is CNC(=O)CCc1nnc2n(CC(C)C)c(=O)c3sccc3n12. The van der Waals surface area contributed by atoms with E-state index in [1.165, 1.54) is 11.3 Å². The molecule has 0 aliphatic rings. The Morgan fingerprint density at radius 1 is 1.39 bits per heavy atom. The second kappa shape index (κ2) is 6.11. The van der Waals surface area contributed by atoms with Crippen molar-refractivity contribution in [3.05, 3.63) is 27.6 Å². The van der Waals surface area contributed by atoms with E-state index in [1.54, 1.807) is 11.6 Å². The summed E-state index contributed by atoms with van der Waals surface area (Å²) in [5.41, 5.74) is 0.786. The maximum atomic E-state index is 12.7. The lowest BCUT2D eigenvalue weighted by Crippen LogP contribution is -2.25. The number of carbonyl (C=O) groups is 1. The fourth-order valence-corrected chi connectivity index (χ4v) is 3.45. The van der Waals surface area contributed by atoms with Crippen molar-refractivity contribution in [2.75, 3.05) is 7.05 Å². The van der Waals surface area contributed by atoms with Gasteiger partial charge in [0.05, 0.1) is 5.52 Å². The van der Waals surface area contributed by atoms with E-state index in [2.05, 4.69) is 29.4 Å². The number of nitrogens with one attached hydrogen (secondary N) is 1. The van der Waals surface area contributed by atoms with Gasteiger partial charge in [-0.2, -0.15) is 0 Å². The Labute approximate surface area is 137 Å². The number of rotatable bonds is 5. The predicted octanol–water partition coefficient (Wildman–Crippen LogP) is 1.44. The molecular formula is C15H19N5O2S. The van der Waals surface area contributed by atoms with Crippen molar-refractivity contribution >= 4 is 33.2 Å². The summed E-state index contributed by atoms with van der Waals surface area (Å²) in [6.45, 7) is 4.71. The largest absolute Gasteiger partial charge is 0.359 e. The first-order valence-corrected chi connectivity index (χ1v) is 8.45. The second-order valence-corrected chi connectivity index (χ2v) is 6.79. The summed E-state index contributed by atoms with van der Waals surface area (Å²) in [4.78, 5) is 24.2. The molecule has 0 fully saturated rings. The van der Waals surface area contributed by atoms with Gasteiger partial charge >= 0.3 is 0 Å². The molecule has 7 nitrogen and oxygen atoms in total. The zero-order valence-corrected chi connectivity index (χ0v) is 14.2. The summed E-state index contributed by atoms with van der Waals surface area (Å²) in [5.74, 6) is 1.52. The number of thiophene rings is 1. The summed E-state index contributed by atoms with van der Waals surface area (Å²) in [6, 6.07) is 1.90. The number of carbonyl (C=O) groups excluding carboxylic acids is 1.